The van der Waals surface area contributed by atoms with Crippen LogP contribution in [0.5, 0.6) is 5.75 Å². The zero-order valence-electron chi connectivity index (χ0n) is 13.9. The molecule has 2 N–H and O–H groups in total. The third kappa shape index (κ3) is 3.57. The van der Waals surface area contributed by atoms with Crippen molar-refractivity contribution in [1.82, 2.24) is 15.2 Å². The Hall–Kier alpha value is -1.21. The van der Waals surface area contributed by atoms with Crippen molar-refractivity contribution >= 4 is 0 Å². The molecule has 6 nitrogen and oxygen atoms in total. The van der Waals surface area contributed by atoms with Crippen LogP contribution < -0.4 is 10.1 Å². The van der Waals surface area contributed by atoms with E-state index in [1.165, 1.54) is 0 Å². The van der Waals surface area contributed by atoms with E-state index < -0.39 is 0 Å². The van der Waals surface area contributed by atoms with Gasteiger partial charge in [0.1, 0.15) is 5.75 Å². The molecule has 124 valence electrons. The summed E-state index contributed by atoms with van der Waals surface area (Å²) < 4.78 is 11.0. The Labute approximate surface area is 132 Å². The second-order valence-corrected chi connectivity index (χ2v) is 6.10. The topological polar surface area (TPSA) is 66.8 Å². The van der Waals surface area contributed by atoms with Gasteiger partial charge in [0, 0.05) is 42.7 Å². The van der Waals surface area contributed by atoms with E-state index in [1.54, 1.807) is 7.11 Å². The highest BCUT2D eigenvalue weighted by Gasteiger charge is 2.39. The van der Waals surface area contributed by atoms with Gasteiger partial charge in [-0.05, 0) is 20.9 Å². The number of morpholine rings is 1. The molecule has 22 heavy (non-hydrogen) atoms. The molecule has 2 rings (SSSR count). The van der Waals surface area contributed by atoms with E-state index in [2.05, 4.69) is 22.1 Å². The van der Waals surface area contributed by atoms with Gasteiger partial charge < -0.3 is 19.9 Å². The van der Waals surface area contributed by atoms with Crippen molar-refractivity contribution in [3.8, 4) is 5.75 Å². The van der Waals surface area contributed by atoms with Gasteiger partial charge in [0.25, 0.3) is 0 Å². The van der Waals surface area contributed by atoms with Crippen LogP contribution in [0.3, 0.4) is 0 Å². The monoisotopic (exact) mass is 309 g/mol. The molecule has 0 aromatic carbocycles. The van der Waals surface area contributed by atoms with Crippen LogP contribution in [-0.2, 0) is 11.3 Å². The van der Waals surface area contributed by atoms with E-state index in [1.807, 2.05) is 26.2 Å². The minimum absolute atomic E-state index is 0.0596. The van der Waals surface area contributed by atoms with E-state index in [0.717, 1.165) is 17.0 Å². The zero-order valence-corrected chi connectivity index (χ0v) is 13.9. The smallest absolute Gasteiger partial charge is 0.126 e. The third-order valence-corrected chi connectivity index (χ3v) is 4.50. The number of aliphatic hydroxyl groups excluding tert-OH is 1. The number of hydrogen-bond acceptors (Lipinski definition) is 6. The Morgan fingerprint density at radius 3 is 3.05 bits per heavy atom. The number of methoxy groups -OCH3 is 1. The normalized spacial score (nSPS) is 26.1. The molecule has 1 aliphatic rings. The Morgan fingerprint density at radius 2 is 2.36 bits per heavy atom. The van der Waals surface area contributed by atoms with E-state index in [9.17, 15) is 5.11 Å². The van der Waals surface area contributed by atoms with Gasteiger partial charge in [0.15, 0.2) is 0 Å². The molecule has 0 spiro atoms. The van der Waals surface area contributed by atoms with Crippen LogP contribution in [0.25, 0.3) is 0 Å². The lowest BCUT2D eigenvalue weighted by molar-refractivity contribution is -0.106. The molecule has 1 aromatic heterocycles. The summed E-state index contributed by atoms with van der Waals surface area (Å²) in [4.78, 5) is 6.52. The Bertz CT molecular complexity index is 498. The van der Waals surface area contributed by atoms with E-state index >= 15 is 0 Å². The molecule has 0 radical (unpaired) electrons. The van der Waals surface area contributed by atoms with Gasteiger partial charge in [-0.25, -0.2) is 0 Å². The molecule has 1 saturated heterocycles. The van der Waals surface area contributed by atoms with Crippen LogP contribution in [0, 0.1) is 6.92 Å². The highest BCUT2D eigenvalue weighted by Crippen LogP contribution is 2.22. The van der Waals surface area contributed by atoms with Crippen molar-refractivity contribution in [2.75, 3.05) is 40.5 Å². The summed E-state index contributed by atoms with van der Waals surface area (Å²) in [5.74, 6) is 0.833. The van der Waals surface area contributed by atoms with Crippen molar-refractivity contribution in [2.45, 2.75) is 32.0 Å². The SMILES string of the molecule is COc1cc(C)ncc1CNC[C@]1(CO)COC[C@@H](C)N1C. The number of rotatable bonds is 6. The van der Waals surface area contributed by atoms with Gasteiger partial charge in [-0.15, -0.1) is 0 Å². The van der Waals surface area contributed by atoms with Crippen LogP contribution in [0.4, 0.5) is 0 Å². The Morgan fingerprint density at radius 1 is 1.59 bits per heavy atom. The molecule has 6 heteroatoms. The predicted octanol–water partition coefficient (Wildman–Crippen LogP) is 0.570. The fraction of sp³-hybridized carbons (Fsp3) is 0.688. The number of aryl methyl sites for hydroxylation is 1. The summed E-state index contributed by atoms with van der Waals surface area (Å²) >= 11 is 0. The number of aromatic nitrogens is 1. The first-order chi connectivity index (χ1) is 10.5. The molecule has 2 atom stereocenters. The largest absolute Gasteiger partial charge is 0.496 e. The summed E-state index contributed by atoms with van der Waals surface area (Å²) in [6.45, 7) is 6.62. The number of nitrogens with zero attached hydrogens (tertiary/aromatic N) is 2. The molecule has 1 aliphatic heterocycles. The van der Waals surface area contributed by atoms with Gasteiger partial charge in [0.05, 0.1) is 32.5 Å². The summed E-state index contributed by atoms with van der Waals surface area (Å²) in [5, 5.41) is 13.3. The number of nitrogens with one attached hydrogen (secondary N) is 1. The third-order valence-electron chi connectivity index (χ3n) is 4.50. The molecular weight excluding hydrogens is 282 g/mol. The average Bonchev–Trinajstić information content (AvgIpc) is 2.53. The maximum Gasteiger partial charge on any atom is 0.126 e. The van der Waals surface area contributed by atoms with Crippen molar-refractivity contribution in [3.05, 3.63) is 23.5 Å². The highest BCUT2D eigenvalue weighted by molar-refractivity contribution is 5.32. The first-order valence-corrected chi connectivity index (χ1v) is 7.64. The fourth-order valence-corrected chi connectivity index (χ4v) is 2.81. The van der Waals surface area contributed by atoms with E-state index in [4.69, 9.17) is 9.47 Å². The van der Waals surface area contributed by atoms with Crippen LogP contribution in [0.2, 0.25) is 0 Å². The van der Waals surface area contributed by atoms with Crippen LogP contribution in [0.15, 0.2) is 12.3 Å². The minimum atomic E-state index is -0.386. The number of likely N-dealkylation sites (N-methyl/N-ethyl adjacent to an activating group) is 1. The first kappa shape index (κ1) is 17.1. The second kappa shape index (κ2) is 7.37. The lowest BCUT2D eigenvalue weighted by atomic mass is 9.96. The standard InChI is InChI=1S/C16H27N3O3/c1-12-5-15(21-4)14(7-18-12)6-17-9-16(10-20)11-22-8-13(2)19(16)3/h5,7,13,17,20H,6,8-11H2,1-4H3/t13-,16+/m1/s1. The number of ether oxygens (including phenoxy) is 2. The molecule has 1 aromatic rings. The molecule has 0 amide bonds. The molecule has 0 saturated carbocycles. The van der Waals surface area contributed by atoms with Crippen molar-refractivity contribution < 1.29 is 14.6 Å². The summed E-state index contributed by atoms with van der Waals surface area (Å²) in [7, 11) is 3.71. The molecule has 2 heterocycles. The van der Waals surface area contributed by atoms with Gasteiger partial charge in [-0.3, -0.25) is 9.88 Å². The minimum Gasteiger partial charge on any atom is -0.496 e. The zero-order chi connectivity index (χ0) is 16.2. The molecule has 0 bridgehead atoms. The van der Waals surface area contributed by atoms with Gasteiger partial charge >= 0.3 is 0 Å². The summed E-state index contributed by atoms with van der Waals surface area (Å²) in [6, 6.07) is 2.22. The van der Waals surface area contributed by atoms with Crippen LogP contribution in [0.1, 0.15) is 18.2 Å². The maximum atomic E-state index is 9.87. The van der Waals surface area contributed by atoms with E-state index in [0.29, 0.717) is 32.3 Å². The average molecular weight is 309 g/mol. The Kier molecular flexibility index (Phi) is 5.74. The van der Waals surface area contributed by atoms with Crippen LogP contribution in [-0.4, -0.2) is 67.1 Å². The molecular formula is C16H27N3O3. The van der Waals surface area contributed by atoms with Crippen molar-refractivity contribution in [2.24, 2.45) is 0 Å². The van der Waals surface area contributed by atoms with Gasteiger partial charge in [0.2, 0.25) is 0 Å². The first-order valence-electron chi connectivity index (χ1n) is 7.64. The lowest BCUT2D eigenvalue weighted by Crippen LogP contribution is -2.65. The van der Waals surface area contributed by atoms with Crippen LogP contribution >= 0.6 is 0 Å². The van der Waals surface area contributed by atoms with E-state index in [-0.39, 0.29) is 12.1 Å². The maximum absolute atomic E-state index is 9.87. The number of hydrogen-bond donors (Lipinski definition) is 2. The second-order valence-electron chi connectivity index (χ2n) is 6.10. The van der Waals surface area contributed by atoms with Gasteiger partial charge in [-0.1, -0.05) is 0 Å². The highest BCUT2D eigenvalue weighted by atomic mass is 16.5. The molecule has 0 unspecified atom stereocenters. The predicted molar refractivity (Wildman–Crippen MR) is 85.1 cm³/mol. The van der Waals surface area contributed by atoms with Gasteiger partial charge in [-0.2, -0.15) is 0 Å². The number of pyridine rings is 1. The van der Waals surface area contributed by atoms with Crippen molar-refractivity contribution in [1.29, 1.82) is 0 Å². The quantitative estimate of drug-likeness (QED) is 0.801. The van der Waals surface area contributed by atoms with Crippen molar-refractivity contribution in [3.63, 3.8) is 0 Å². The Balaban J connectivity index is 2.00. The molecule has 1 fully saturated rings. The summed E-state index contributed by atoms with van der Waals surface area (Å²) in [5.41, 5.74) is 1.55. The fourth-order valence-electron chi connectivity index (χ4n) is 2.81. The molecule has 0 aliphatic carbocycles. The number of aliphatic hydroxyl groups is 1. The lowest BCUT2D eigenvalue weighted by Gasteiger charge is -2.47. The summed E-state index contributed by atoms with van der Waals surface area (Å²) in [6.07, 6.45) is 1.83.